The van der Waals surface area contributed by atoms with Crippen molar-refractivity contribution >= 4 is 47.8 Å². The molecule has 0 saturated heterocycles. The molecule has 0 spiro atoms. The average molecular weight is 1140 g/mol. The van der Waals surface area contributed by atoms with Crippen LogP contribution in [0.5, 0.6) is 0 Å². The number of hydrogen-bond donors (Lipinski definition) is 8. The molecule has 382 valence electrons. The van der Waals surface area contributed by atoms with Gasteiger partial charge in [-0.2, -0.15) is 0 Å². The number of carbonyl (C=O) groups is 8. The van der Waals surface area contributed by atoms with Crippen molar-refractivity contribution in [2.24, 2.45) is 0 Å². The normalized spacial score (nSPS) is 8.10. The van der Waals surface area contributed by atoms with Crippen molar-refractivity contribution in [3.63, 3.8) is 0 Å². The van der Waals surface area contributed by atoms with Crippen LogP contribution < -0.4 is 207 Å². The molecule has 0 unspecified atom stereocenters. The number of hydrogen-bond acceptors (Lipinski definition) is 8. The third-order valence-electron chi connectivity index (χ3n) is 8.17. The monoisotopic (exact) mass is 1140 g/mol. The van der Waals surface area contributed by atoms with Crippen LogP contribution in [-0.4, -0.2) is 88.6 Å². The molecule has 0 aromatic heterocycles. The summed E-state index contributed by atoms with van der Waals surface area (Å²) in [4.78, 5) is 81.6. The van der Waals surface area contributed by atoms with E-state index in [0.717, 1.165) is 0 Å². The van der Waals surface area contributed by atoms with Gasteiger partial charge >= 0.3 is 255 Å². The number of benzene rings is 8. The van der Waals surface area contributed by atoms with Gasteiger partial charge in [0.15, 0.2) is 0 Å². The molecule has 0 aliphatic heterocycles. The molecular formula is C56H55Na7O16. The Bertz CT molecular complexity index is 2290. The summed E-state index contributed by atoms with van der Waals surface area (Å²) in [6, 6.07) is 66.4. The van der Waals surface area contributed by atoms with E-state index in [9.17, 15) is 38.4 Å². The zero-order chi connectivity index (χ0) is 53.5. The fraction of sp³-hybridized carbons (Fsp3) is 0. The molecule has 0 atom stereocenters. The van der Waals surface area contributed by atoms with Gasteiger partial charge in [-0.25, -0.2) is 38.4 Å². The van der Waals surface area contributed by atoms with Crippen molar-refractivity contribution in [1.29, 1.82) is 0 Å². The molecule has 79 heavy (non-hydrogen) atoms. The van der Waals surface area contributed by atoms with Crippen molar-refractivity contribution in [1.82, 2.24) is 0 Å². The average Bonchev–Trinajstić information content (AvgIpc) is 3.42. The Labute approximate surface area is 622 Å². The Morgan fingerprint density at radius 3 is 0.266 bits per heavy atom. The first-order chi connectivity index (χ1) is 34.4. The van der Waals surface area contributed by atoms with Gasteiger partial charge in [-0.05, 0) is 97.1 Å². The number of aromatic carboxylic acids is 8. The van der Waals surface area contributed by atoms with Gasteiger partial charge in [0, 0.05) is 0 Å². The smallest absolute Gasteiger partial charge is 1.00 e. The quantitative estimate of drug-likeness (QED) is 0.0656. The van der Waals surface area contributed by atoms with Gasteiger partial charge in [0.2, 0.25) is 0 Å². The largest absolute Gasteiger partial charge is 1.00 e. The fourth-order valence-corrected chi connectivity index (χ4v) is 4.65. The van der Waals surface area contributed by atoms with Gasteiger partial charge in [-0.1, -0.05) is 146 Å². The van der Waals surface area contributed by atoms with E-state index in [1.165, 1.54) is 0 Å². The van der Waals surface area contributed by atoms with Crippen molar-refractivity contribution in [2.45, 2.75) is 0 Å². The summed E-state index contributed by atoms with van der Waals surface area (Å²) in [7, 11) is 0. The van der Waals surface area contributed by atoms with Gasteiger partial charge in [0.25, 0.3) is 0 Å². The first-order valence-electron chi connectivity index (χ1n) is 20.7. The number of rotatable bonds is 8. The summed E-state index contributed by atoms with van der Waals surface area (Å²) in [5.74, 6) is -7.03. The van der Waals surface area contributed by atoms with Crippen LogP contribution in [0, 0.1) is 0 Å². The Hall–Kier alpha value is -3.48. The van der Waals surface area contributed by atoms with Crippen LogP contribution in [0.3, 0.4) is 0 Å². The van der Waals surface area contributed by atoms with Gasteiger partial charge in [-0.3, -0.25) is 0 Å². The molecule has 0 heterocycles. The maximum Gasteiger partial charge on any atom is 1.00 e. The Morgan fingerprint density at radius 1 is 0.165 bits per heavy atom. The van der Waals surface area contributed by atoms with Crippen LogP contribution in [0.15, 0.2) is 243 Å². The van der Waals surface area contributed by atoms with E-state index in [4.69, 9.17) is 40.9 Å². The van der Waals surface area contributed by atoms with Crippen LogP contribution >= 0.6 is 0 Å². The Morgan fingerprint density at radius 2 is 0.228 bits per heavy atom. The zero-order valence-electron chi connectivity index (χ0n) is 51.9. The topological polar surface area (TPSA) is 298 Å². The van der Waals surface area contributed by atoms with Crippen molar-refractivity contribution in [3.8, 4) is 0 Å². The van der Waals surface area contributed by atoms with E-state index >= 15 is 0 Å². The minimum Gasteiger partial charge on any atom is -1.00 e. The minimum absolute atomic E-state index is 0. The third-order valence-corrected chi connectivity index (χ3v) is 8.17. The van der Waals surface area contributed by atoms with E-state index in [1.807, 2.05) is 0 Å². The summed E-state index contributed by atoms with van der Waals surface area (Å²) < 4.78 is 0. The molecule has 0 amide bonds. The molecule has 0 radical (unpaired) electrons. The predicted molar refractivity (Wildman–Crippen MR) is 275 cm³/mol. The van der Waals surface area contributed by atoms with E-state index in [-0.39, 0.29) is 217 Å². The summed E-state index contributed by atoms with van der Waals surface area (Å²) in [5, 5.41) is 67.1. The van der Waals surface area contributed by atoms with Crippen LogP contribution in [-0.2, 0) is 0 Å². The van der Waals surface area contributed by atoms with Gasteiger partial charge in [0.05, 0.1) is 44.5 Å². The summed E-state index contributed by atoms with van der Waals surface area (Å²) >= 11 is 0. The second-order valence-electron chi connectivity index (χ2n) is 13.4. The van der Waals surface area contributed by atoms with Crippen LogP contribution in [0.1, 0.15) is 92.9 Å². The molecule has 8 aromatic rings. The van der Waals surface area contributed by atoms with E-state index < -0.39 is 47.8 Å². The molecule has 0 fully saturated rings. The second kappa shape index (κ2) is 56.4. The van der Waals surface area contributed by atoms with Crippen molar-refractivity contribution < 1.29 is 296 Å². The van der Waals surface area contributed by atoms with E-state index in [2.05, 4.69) is 0 Å². The van der Waals surface area contributed by atoms with Gasteiger partial charge < -0.3 is 50.8 Å². The Balaban J connectivity index is -0.0000000561. The maximum absolute atomic E-state index is 10.2. The molecule has 23 heteroatoms. The van der Waals surface area contributed by atoms with Crippen LogP contribution in [0.2, 0.25) is 0 Å². The molecule has 0 aliphatic rings. The summed E-state index contributed by atoms with van der Waals surface area (Å²) in [6.45, 7) is 0. The second-order valence-corrected chi connectivity index (χ2v) is 13.4. The van der Waals surface area contributed by atoms with E-state index in [1.54, 1.807) is 243 Å². The van der Waals surface area contributed by atoms with Crippen LogP contribution in [0.4, 0.5) is 0 Å². The molecule has 0 aliphatic carbocycles. The molecule has 0 saturated carbocycles. The molecule has 0 bridgehead atoms. The number of carboxylic acid groups (broad SMARTS) is 8. The first kappa shape index (κ1) is 89.3. The number of carboxylic acids is 8. The third kappa shape index (κ3) is 45.8. The van der Waals surface area contributed by atoms with Crippen molar-refractivity contribution in [2.75, 3.05) is 0 Å². The maximum atomic E-state index is 10.2. The van der Waals surface area contributed by atoms with Gasteiger partial charge in [0.1, 0.15) is 0 Å². The van der Waals surface area contributed by atoms with Crippen LogP contribution in [0.25, 0.3) is 0 Å². The van der Waals surface area contributed by atoms with Gasteiger partial charge in [-0.15, -0.1) is 0 Å². The minimum atomic E-state index is -0.879. The molecular weight excluding hydrogens is 1090 g/mol. The molecule has 8 rings (SSSR count). The predicted octanol–water partition coefficient (Wildman–Crippen LogP) is -9.11. The first-order valence-corrected chi connectivity index (χ1v) is 20.7. The zero-order valence-corrected chi connectivity index (χ0v) is 58.9. The molecule has 8 N–H and O–H groups in total. The van der Waals surface area contributed by atoms with E-state index in [0.29, 0.717) is 44.5 Å². The van der Waals surface area contributed by atoms with Crippen molar-refractivity contribution in [3.05, 3.63) is 287 Å². The Kier molecular flexibility index (Phi) is 63.8. The molecule has 16 nitrogen and oxygen atoms in total. The summed E-state index contributed by atoms with van der Waals surface area (Å²) in [6.07, 6.45) is 0. The fourth-order valence-electron chi connectivity index (χ4n) is 4.65. The SMILES string of the molecule is O=C(O)c1ccccc1.O=C(O)c1ccccc1.O=C(O)c1ccccc1.O=C(O)c1ccccc1.O=C(O)c1ccccc1.O=C(O)c1ccccc1.O=C(O)c1ccccc1.O=C(O)c1ccccc1.[H-].[H-].[H-].[H-].[H-].[H-].[H-].[Na+].[Na+].[Na+].[Na+].[Na+].[Na+].[Na+]. The standard InChI is InChI=1S/8C7H6O2.7Na.7H/c8*8-7(9)6-4-2-1-3-5-6;;;;;;;;;;;;;;/h8*1-5H,(H,8,9);;;;;;;;;;;;;;/q;;;;;;;;7*+1;7*-1. The molecule has 8 aromatic carbocycles. The summed E-state index contributed by atoms with van der Waals surface area (Å²) in [5.41, 5.74) is 2.65.